The van der Waals surface area contributed by atoms with Gasteiger partial charge in [0.1, 0.15) is 13.2 Å². The summed E-state index contributed by atoms with van der Waals surface area (Å²) in [6.45, 7) is 6.55. The van der Waals surface area contributed by atoms with Crippen molar-refractivity contribution in [2.24, 2.45) is 0 Å². The van der Waals surface area contributed by atoms with Gasteiger partial charge in [0, 0.05) is 19.3 Å². The molecule has 0 radical (unpaired) electrons. The molecule has 62 heavy (non-hydrogen) atoms. The molecule has 358 valence electrons. The second-order valence-corrected chi connectivity index (χ2v) is 17.4. The minimum absolute atomic E-state index is 0.0937. The minimum atomic E-state index is -0.796. The first-order chi connectivity index (χ1) is 30.5. The summed E-state index contributed by atoms with van der Waals surface area (Å²) in [6, 6.07) is 0. The number of hydrogen-bond donors (Lipinski definition) is 0. The molecular weight excluding hydrogens is 769 g/mol. The summed E-state index contributed by atoms with van der Waals surface area (Å²) >= 11 is 0. The van der Waals surface area contributed by atoms with Crippen LogP contribution in [0, 0.1) is 0 Å². The molecule has 0 aliphatic rings. The lowest BCUT2D eigenvalue weighted by atomic mass is 10.0. The van der Waals surface area contributed by atoms with Crippen molar-refractivity contribution in [3.8, 4) is 0 Å². The molecule has 1 atom stereocenters. The summed E-state index contributed by atoms with van der Waals surface area (Å²) < 4.78 is 16.7. The molecule has 0 saturated heterocycles. The highest BCUT2D eigenvalue weighted by molar-refractivity contribution is 5.71. The van der Waals surface area contributed by atoms with Crippen LogP contribution in [0.5, 0.6) is 0 Å². The van der Waals surface area contributed by atoms with Crippen LogP contribution in [0.2, 0.25) is 0 Å². The Labute approximate surface area is 383 Å². The molecular formula is C56H98O6. The third kappa shape index (κ3) is 48.1. The van der Waals surface area contributed by atoms with E-state index in [-0.39, 0.29) is 37.5 Å². The molecule has 0 aromatic carbocycles. The highest BCUT2D eigenvalue weighted by atomic mass is 16.6. The summed E-state index contributed by atoms with van der Waals surface area (Å²) in [4.78, 5) is 37.9. The average molecular weight is 867 g/mol. The van der Waals surface area contributed by atoms with Gasteiger partial charge in [-0.05, 0) is 83.5 Å². The molecule has 0 aromatic heterocycles. The third-order valence-corrected chi connectivity index (χ3v) is 11.2. The SMILES string of the molecule is CCCCC/C=C\C/C=C\C/C=C\C/C=C\CCCC(=O)OC[C@H](COC(=O)CCCCCCC/C=C\CCCCCCCC)OC(=O)CCCCCCCCCCCCCC. The van der Waals surface area contributed by atoms with Crippen LogP contribution in [-0.2, 0) is 28.6 Å². The zero-order chi connectivity index (χ0) is 45.1. The molecule has 0 spiro atoms. The zero-order valence-electron chi connectivity index (χ0n) is 40.9. The monoisotopic (exact) mass is 867 g/mol. The lowest BCUT2D eigenvalue weighted by Crippen LogP contribution is -2.30. The molecule has 0 rings (SSSR count). The van der Waals surface area contributed by atoms with E-state index < -0.39 is 6.10 Å². The summed E-state index contributed by atoms with van der Waals surface area (Å²) in [5, 5.41) is 0. The van der Waals surface area contributed by atoms with Crippen molar-refractivity contribution in [2.75, 3.05) is 13.2 Å². The maximum absolute atomic E-state index is 12.8. The largest absolute Gasteiger partial charge is 0.462 e. The van der Waals surface area contributed by atoms with Crippen LogP contribution in [0.1, 0.15) is 258 Å². The van der Waals surface area contributed by atoms with E-state index in [2.05, 4.69) is 81.5 Å². The molecule has 0 heterocycles. The fourth-order valence-electron chi connectivity index (χ4n) is 7.25. The van der Waals surface area contributed by atoms with Gasteiger partial charge < -0.3 is 14.2 Å². The molecule has 0 bridgehead atoms. The highest BCUT2D eigenvalue weighted by Crippen LogP contribution is 2.14. The van der Waals surface area contributed by atoms with E-state index in [4.69, 9.17) is 14.2 Å². The molecule has 0 fully saturated rings. The van der Waals surface area contributed by atoms with Gasteiger partial charge in [0.2, 0.25) is 0 Å². The lowest BCUT2D eigenvalue weighted by Gasteiger charge is -2.18. The number of ether oxygens (including phenoxy) is 3. The van der Waals surface area contributed by atoms with Gasteiger partial charge in [0.15, 0.2) is 6.10 Å². The smallest absolute Gasteiger partial charge is 0.306 e. The standard InChI is InChI=1S/C56H98O6/c1-4-7-10-13-16-19-22-25-27-28-30-32-35-37-40-43-46-49-55(58)61-52-53(62-56(59)50-47-44-41-38-33-24-21-18-15-12-9-6-3)51-60-54(57)48-45-42-39-36-34-31-29-26-23-20-17-14-11-8-5-2/h16,19,25-27,29-30,32,37,40,53H,4-15,17-18,20-24,28,31,33-36,38-39,41-52H2,1-3H3/b19-16-,27-25-,29-26-,32-30-,40-37-/t53-/m0/s1. The maximum atomic E-state index is 12.8. The molecule has 0 saturated carbocycles. The van der Waals surface area contributed by atoms with Crippen LogP contribution in [-0.4, -0.2) is 37.2 Å². The van der Waals surface area contributed by atoms with Crippen molar-refractivity contribution < 1.29 is 28.6 Å². The first kappa shape index (κ1) is 59.1. The van der Waals surface area contributed by atoms with Gasteiger partial charge in [0.05, 0.1) is 0 Å². The van der Waals surface area contributed by atoms with Crippen molar-refractivity contribution in [1.29, 1.82) is 0 Å². The van der Waals surface area contributed by atoms with Gasteiger partial charge in [-0.3, -0.25) is 14.4 Å². The molecule has 0 unspecified atom stereocenters. The van der Waals surface area contributed by atoms with Crippen LogP contribution in [0.4, 0.5) is 0 Å². The second kappa shape index (κ2) is 50.8. The topological polar surface area (TPSA) is 78.9 Å². The summed E-state index contributed by atoms with van der Waals surface area (Å²) in [5.41, 5.74) is 0. The summed E-state index contributed by atoms with van der Waals surface area (Å²) in [5.74, 6) is -0.954. The number of carbonyl (C=O) groups is 3. The van der Waals surface area contributed by atoms with Gasteiger partial charge in [-0.15, -0.1) is 0 Å². The number of hydrogen-bond acceptors (Lipinski definition) is 6. The van der Waals surface area contributed by atoms with Crippen molar-refractivity contribution in [3.63, 3.8) is 0 Å². The average Bonchev–Trinajstić information content (AvgIpc) is 3.27. The Morgan fingerprint density at radius 3 is 1.02 bits per heavy atom. The molecule has 0 N–H and O–H groups in total. The van der Waals surface area contributed by atoms with Crippen LogP contribution >= 0.6 is 0 Å². The van der Waals surface area contributed by atoms with E-state index in [1.165, 1.54) is 141 Å². The Bertz CT molecular complexity index is 1130. The number of allylic oxidation sites excluding steroid dienone is 10. The van der Waals surface area contributed by atoms with Crippen molar-refractivity contribution in [1.82, 2.24) is 0 Å². The first-order valence-electron chi connectivity index (χ1n) is 26.3. The lowest BCUT2D eigenvalue weighted by molar-refractivity contribution is -0.167. The Hall–Kier alpha value is -2.89. The van der Waals surface area contributed by atoms with E-state index in [0.717, 1.165) is 70.6 Å². The van der Waals surface area contributed by atoms with Gasteiger partial charge in [-0.25, -0.2) is 0 Å². The van der Waals surface area contributed by atoms with E-state index in [1.807, 2.05) is 0 Å². The van der Waals surface area contributed by atoms with Crippen LogP contribution in [0.15, 0.2) is 60.8 Å². The van der Waals surface area contributed by atoms with Crippen LogP contribution < -0.4 is 0 Å². The summed E-state index contributed by atoms with van der Waals surface area (Å²) in [6.07, 6.45) is 62.0. The molecule has 6 nitrogen and oxygen atoms in total. The Morgan fingerprint density at radius 1 is 0.323 bits per heavy atom. The fourth-order valence-corrected chi connectivity index (χ4v) is 7.25. The fraction of sp³-hybridized carbons (Fsp3) is 0.768. The predicted octanol–water partition coefficient (Wildman–Crippen LogP) is 17.3. The van der Waals surface area contributed by atoms with Gasteiger partial charge in [-0.2, -0.15) is 0 Å². The third-order valence-electron chi connectivity index (χ3n) is 11.2. The van der Waals surface area contributed by atoms with Crippen molar-refractivity contribution in [3.05, 3.63) is 60.8 Å². The van der Waals surface area contributed by atoms with E-state index in [0.29, 0.717) is 19.3 Å². The molecule has 0 aliphatic heterocycles. The maximum Gasteiger partial charge on any atom is 0.306 e. The molecule has 0 aliphatic carbocycles. The minimum Gasteiger partial charge on any atom is -0.462 e. The molecule has 0 amide bonds. The molecule has 0 aromatic rings. The molecule has 6 heteroatoms. The number of rotatable bonds is 47. The van der Waals surface area contributed by atoms with Crippen LogP contribution in [0.3, 0.4) is 0 Å². The Morgan fingerprint density at radius 2 is 0.597 bits per heavy atom. The van der Waals surface area contributed by atoms with E-state index >= 15 is 0 Å². The highest BCUT2D eigenvalue weighted by Gasteiger charge is 2.19. The van der Waals surface area contributed by atoms with Crippen LogP contribution in [0.25, 0.3) is 0 Å². The second-order valence-electron chi connectivity index (χ2n) is 17.4. The first-order valence-corrected chi connectivity index (χ1v) is 26.3. The number of esters is 3. The predicted molar refractivity (Wildman–Crippen MR) is 265 cm³/mol. The summed E-state index contributed by atoms with van der Waals surface area (Å²) in [7, 11) is 0. The van der Waals surface area contributed by atoms with E-state index in [1.54, 1.807) is 0 Å². The van der Waals surface area contributed by atoms with E-state index in [9.17, 15) is 14.4 Å². The van der Waals surface area contributed by atoms with Crippen molar-refractivity contribution >= 4 is 17.9 Å². The quantitative estimate of drug-likeness (QED) is 0.0262. The number of unbranched alkanes of at least 4 members (excludes halogenated alkanes) is 26. The van der Waals surface area contributed by atoms with Gasteiger partial charge in [-0.1, -0.05) is 216 Å². The zero-order valence-corrected chi connectivity index (χ0v) is 40.9. The van der Waals surface area contributed by atoms with Crippen molar-refractivity contribution in [2.45, 2.75) is 264 Å². The van der Waals surface area contributed by atoms with Gasteiger partial charge in [0.25, 0.3) is 0 Å². The number of carbonyl (C=O) groups excluding carboxylic acids is 3. The van der Waals surface area contributed by atoms with Gasteiger partial charge >= 0.3 is 17.9 Å². The normalized spacial score (nSPS) is 12.5. The Kier molecular flexibility index (Phi) is 48.4. The Balaban J connectivity index is 4.45.